The van der Waals surface area contributed by atoms with Gasteiger partial charge >= 0.3 is 0 Å². The molecule has 3 nitrogen and oxygen atoms in total. The molecule has 1 aliphatic rings. The fraction of sp³-hybridized carbons (Fsp3) is 0.600. The number of hydrogen-bond donors (Lipinski definition) is 1. The first-order valence-corrected chi connectivity index (χ1v) is 7.63. The van der Waals surface area contributed by atoms with Crippen molar-refractivity contribution >= 4 is 15.9 Å². The molecule has 1 aromatic carbocycles. The smallest absolute Gasteiger partial charge is 0.137 e. The van der Waals surface area contributed by atoms with Gasteiger partial charge in [0.1, 0.15) is 16.0 Å². The largest absolute Gasteiger partial charge is 0.495 e. The Morgan fingerprint density at radius 2 is 1.63 bits per heavy atom. The number of halogens is 1. The van der Waals surface area contributed by atoms with Crippen LogP contribution in [-0.2, 0) is 0 Å². The third-order valence-corrected chi connectivity index (χ3v) is 4.79. The van der Waals surface area contributed by atoms with E-state index < -0.39 is 0 Å². The second kappa shape index (κ2) is 6.62. The van der Waals surface area contributed by atoms with E-state index in [4.69, 9.17) is 15.2 Å². The van der Waals surface area contributed by atoms with E-state index in [1.165, 1.54) is 32.1 Å². The summed E-state index contributed by atoms with van der Waals surface area (Å²) in [7, 11) is 3.32. The van der Waals surface area contributed by atoms with E-state index >= 15 is 0 Å². The summed E-state index contributed by atoms with van der Waals surface area (Å²) in [5.41, 5.74) is 7.54. The molecule has 1 aliphatic carbocycles. The minimum absolute atomic E-state index is 0.0659. The van der Waals surface area contributed by atoms with Gasteiger partial charge in [0.15, 0.2) is 0 Å². The fourth-order valence-corrected chi connectivity index (χ4v) is 3.40. The first-order chi connectivity index (χ1) is 9.17. The van der Waals surface area contributed by atoms with Crippen LogP contribution in [-0.4, -0.2) is 14.2 Å². The normalized spacial score (nSPS) is 18.1. The molecule has 1 aromatic rings. The Morgan fingerprint density at radius 3 is 2.11 bits per heavy atom. The summed E-state index contributed by atoms with van der Waals surface area (Å²) in [5.74, 6) is 2.13. The van der Waals surface area contributed by atoms with Crippen molar-refractivity contribution in [3.05, 3.63) is 22.2 Å². The molecular formula is C15H22BrNO2. The monoisotopic (exact) mass is 327 g/mol. The standard InChI is InChI=1S/C15H22BrNO2/c1-18-12-8-11(9-13(19-2)14(12)16)15(17)10-6-4-3-5-7-10/h8-10,15H,3-7,17H2,1-2H3/t15-/m0/s1. The Hall–Kier alpha value is -0.740. The Labute approximate surface area is 123 Å². The molecule has 19 heavy (non-hydrogen) atoms. The van der Waals surface area contributed by atoms with Crippen LogP contribution in [0.15, 0.2) is 16.6 Å². The first-order valence-electron chi connectivity index (χ1n) is 6.84. The Bertz CT molecular complexity index is 405. The Kier molecular flexibility index (Phi) is 5.11. The summed E-state index contributed by atoms with van der Waals surface area (Å²) in [5, 5.41) is 0. The van der Waals surface area contributed by atoms with E-state index in [-0.39, 0.29) is 6.04 Å². The van der Waals surface area contributed by atoms with Gasteiger partial charge in [-0.2, -0.15) is 0 Å². The molecule has 2 rings (SSSR count). The van der Waals surface area contributed by atoms with Crippen molar-refractivity contribution in [3.8, 4) is 11.5 Å². The molecule has 106 valence electrons. The molecule has 0 amide bonds. The van der Waals surface area contributed by atoms with Crippen LogP contribution in [0.3, 0.4) is 0 Å². The lowest BCUT2D eigenvalue weighted by atomic mass is 9.81. The molecule has 2 N–H and O–H groups in total. The number of benzene rings is 1. The molecule has 0 radical (unpaired) electrons. The second-order valence-corrected chi connectivity index (χ2v) is 5.96. The van der Waals surface area contributed by atoms with Crippen LogP contribution in [0.2, 0.25) is 0 Å². The maximum absolute atomic E-state index is 6.44. The third kappa shape index (κ3) is 3.23. The third-order valence-electron chi connectivity index (χ3n) is 4.01. The van der Waals surface area contributed by atoms with Crippen molar-refractivity contribution in [3.63, 3.8) is 0 Å². The molecule has 0 saturated heterocycles. The molecule has 4 heteroatoms. The summed E-state index contributed by atoms with van der Waals surface area (Å²) in [6.45, 7) is 0. The molecule has 0 bridgehead atoms. The van der Waals surface area contributed by atoms with Crippen LogP contribution in [0, 0.1) is 5.92 Å². The summed E-state index contributed by atoms with van der Waals surface area (Å²) < 4.78 is 11.6. The molecule has 0 aromatic heterocycles. The van der Waals surface area contributed by atoms with Crippen molar-refractivity contribution in [1.82, 2.24) is 0 Å². The average Bonchev–Trinajstić information content (AvgIpc) is 2.47. The molecule has 1 saturated carbocycles. The summed E-state index contributed by atoms with van der Waals surface area (Å²) >= 11 is 3.49. The van der Waals surface area contributed by atoms with Gasteiger partial charge in [-0.1, -0.05) is 19.3 Å². The molecule has 0 heterocycles. The number of nitrogens with two attached hydrogens (primary N) is 1. The second-order valence-electron chi connectivity index (χ2n) is 5.16. The van der Waals surface area contributed by atoms with Gasteiger partial charge in [0.25, 0.3) is 0 Å². The molecule has 1 atom stereocenters. The van der Waals surface area contributed by atoms with E-state index in [2.05, 4.69) is 15.9 Å². The van der Waals surface area contributed by atoms with Crippen LogP contribution in [0.4, 0.5) is 0 Å². The SMILES string of the molecule is COc1cc([C@@H](N)C2CCCCC2)cc(OC)c1Br. The van der Waals surface area contributed by atoms with E-state index in [1.54, 1.807) is 14.2 Å². The lowest BCUT2D eigenvalue weighted by molar-refractivity contribution is 0.306. The van der Waals surface area contributed by atoms with Gasteiger partial charge in [0.05, 0.1) is 14.2 Å². The highest BCUT2D eigenvalue weighted by molar-refractivity contribution is 9.10. The first kappa shape index (κ1) is 14.7. The number of hydrogen-bond acceptors (Lipinski definition) is 3. The molecular weight excluding hydrogens is 306 g/mol. The average molecular weight is 328 g/mol. The van der Waals surface area contributed by atoms with Crippen LogP contribution in [0.1, 0.15) is 43.7 Å². The van der Waals surface area contributed by atoms with E-state index in [1.807, 2.05) is 12.1 Å². The van der Waals surface area contributed by atoms with Crippen molar-refractivity contribution in [2.24, 2.45) is 11.7 Å². The molecule has 0 spiro atoms. The summed E-state index contributed by atoms with van der Waals surface area (Å²) in [6.07, 6.45) is 6.38. The van der Waals surface area contributed by atoms with Gasteiger partial charge in [0, 0.05) is 6.04 Å². The fourth-order valence-electron chi connectivity index (χ4n) is 2.85. The van der Waals surface area contributed by atoms with Gasteiger partial charge in [-0.25, -0.2) is 0 Å². The topological polar surface area (TPSA) is 44.5 Å². The quantitative estimate of drug-likeness (QED) is 0.907. The van der Waals surface area contributed by atoms with Gasteiger partial charge < -0.3 is 15.2 Å². The highest BCUT2D eigenvalue weighted by atomic mass is 79.9. The maximum Gasteiger partial charge on any atom is 0.137 e. The van der Waals surface area contributed by atoms with E-state index in [0.29, 0.717) is 5.92 Å². The number of ether oxygens (including phenoxy) is 2. The zero-order chi connectivity index (χ0) is 13.8. The zero-order valence-electron chi connectivity index (χ0n) is 11.6. The summed E-state index contributed by atoms with van der Waals surface area (Å²) in [4.78, 5) is 0. The lowest BCUT2D eigenvalue weighted by Crippen LogP contribution is -2.23. The van der Waals surface area contributed by atoms with Crippen molar-refractivity contribution in [2.45, 2.75) is 38.1 Å². The number of methoxy groups -OCH3 is 2. The van der Waals surface area contributed by atoms with Crippen molar-refractivity contribution in [2.75, 3.05) is 14.2 Å². The van der Waals surface area contributed by atoms with E-state index in [9.17, 15) is 0 Å². The maximum atomic E-state index is 6.44. The van der Waals surface area contributed by atoms with Crippen LogP contribution >= 0.6 is 15.9 Å². The predicted octanol–water partition coefficient (Wildman–Crippen LogP) is 4.05. The van der Waals surface area contributed by atoms with Gasteiger partial charge in [0.2, 0.25) is 0 Å². The highest BCUT2D eigenvalue weighted by Crippen LogP contribution is 2.40. The Morgan fingerprint density at radius 1 is 1.11 bits per heavy atom. The minimum Gasteiger partial charge on any atom is -0.495 e. The molecule has 1 fully saturated rings. The van der Waals surface area contributed by atoms with Gasteiger partial charge in [-0.15, -0.1) is 0 Å². The lowest BCUT2D eigenvalue weighted by Gasteiger charge is -2.28. The minimum atomic E-state index is 0.0659. The Balaban J connectivity index is 2.27. The molecule has 0 aliphatic heterocycles. The van der Waals surface area contributed by atoms with Gasteiger partial charge in [-0.05, 0) is 52.4 Å². The summed E-state index contributed by atoms with van der Waals surface area (Å²) in [6, 6.07) is 4.11. The predicted molar refractivity (Wildman–Crippen MR) is 80.7 cm³/mol. The zero-order valence-corrected chi connectivity index (χ0v) is 13.2. The van der Waals surface area contributed by atoms with Crippen LogP contribution in [0.5, 0.6) is 11.5 Å². The van der Waals surface area contributed by atoms with Crippen molar-refractivity contribution in [1.29, 1.82) is 0 Å². The number of rotatable bonds is 4. The van der Waals surface area contributed by atoms with E-state index in [0.717, 1.165) is 21.5 Å². The van der Waals surface area contributed by atoms with Crippen LogP contribution < -0.4 is 15.2 Å². The molecule has 0 unspecified atom stereocenters. The van der Waals surface area contributed by atoms with Crippen molar-refractivity contribution < 1.29 is 9.47 Å². The van der Waals surface area contributed by atoms with Crippen LogP contribution in [0.25, 0.3) is 0 Å². The highest BCUT2D eigenvalue weighted by Gasteiger charge is 2.23. The van der Waals surface area contributed by atoms with Gasteiger partial charge in [-0.3, -0.25) is 0 Å².